The molecule has 0 bridgehead atoms. The molecule has 0 saturated carbocycles. The molecule has 45 heavy (non-hydrogen) atoms. The summed E-state index contributed by atoms with van der Waals surface area (Å²) in [6.45, 7) is -0.711. The summed E-state index contributed by atoms with van der Waals surface area (Å²) in [5, 5.41) is 33.9. The fraction of sp³-hybridized carbons (Fsp3) is 0.276. The molecule has 2 atom stereocenters. The van der Waals surface area contributed by atoms with Gasteiger partial charge in [-0.1, -0.05) is 0 Å². The molecular weight excluding hydrogens is 590 g/mol. The number of anilines is 2. The van der Waals surface area contributed by atoms with Crippen LogP contribution >= 0.6 is 0 Å². The van der Waals surface area contributed by atoms with E-state index in [0.29, 0.717) is 22.7 Å². The van der Waals surface area contributed by atoms with Gasteiger partial charge in [-0.2, -0.15) is 10.2 Å². The minimum atomic E-state index is -1.31. The number of hydrogen-bond acceptors (Lipinski definition) is 10. The Morgan fingerprint density at radius 2 is 1.27 bits per heavy atom. The predicted octanol–water partition coefficient (Wildman–Crippen LogP) is 1.69. The van der Waals surface area contributed by atoms with Crippen molar-refractivity contribution in [1.29, 1.82) is 0 Å². The highest BCUT2D eigenvalue weighted by molar-refractivity contribution is 6.15. The molecule has 7 N–H and O–H groups in total. The highest BCUT2D eigenvalue weighted by Gasteiger charge is 2.26. The monoisotopic (exact) mass is 621 g/mol. The number of nitrogens with one attached hydrogen (secondary N) is 3. The fourth-order valence-corrected chi connectivity index (χ4v) is 4.00. The van der Waals surface area contributed by atoms with Crippen LogP contribution in [0.4, 0.5) is 22.7 Å². The number of carbonyl (C=O) groups excluding carboxylic acids is 5. The van der Waals surface area contributed by atoms with Crippen LogP contribution in [0.15, 0.2) is 70.9 Å². The van der Waals surface area contributed by atoms with Gasteiger partial charge >= 0.3 is 11.9 Å². The van der Waals surface area contributed by atoms with Crippen LogP contribution in [0.2, 0.25) is 0 Å². The van der Waals surface area contributed by atoms with Gasteiger partial charge in [0.05, 0.1) is 23.8 Å². The smallest absolute Gasteiger partial charge is 0.320 e. The van der Waals surface area contributed by atoms with Gasteiger partial charge in [-0.15, -0.1) is 0 Å². The van der Waals surface area contributed by atoms with Gasteiger partial charge in [0.15, 0.2) is 0 Å². The average Bonchev–Trinajstić information content (AvgIpc) is 3.31. The Hall–Kier alpha value is -5.77. The molecule has 3 rings (SSSR count). The lowest BCUT2D eigenvalue weighted by Crippen LogP contribution is -2.37. The third-order valence-electron chi connectivity index (χ3n) is 6.39. The predicted molar refractivity (Wildman–Crippen MR) is 158 cm³/mol. The van der Waals surface area contributed by atoms with Gasteiger partial charge in [-0.25, -0.2) is 0 Å². The normalized spacial score (nSPS) is 13.8. The molecule has 0 spiro atoms. The van der Waals surface area contributed by atoms with Gasteiger partial charge in [-0.3, -0.25) is 38.5 Å². The second kappa shape index (κ2) is 16.2. The Kier molecular flexibility index (Phi) is 12.1. The summed E-state index contributed by atoms with van der Waals surface area (Å²) in [7, 11) is 0. The van der Waals surface area contributed by atoms with E-state index in [0.717, 1.165) is 17.1 Å². The van der Waals surface area contributed by atoms with Crippen molar-refractivity contribution in [1.82, 2.24) is 10.2 Å². The highest BCUT2D eigenvalue weighted by Crippen LogP contribution is 2.22. The zero-order valence-corrected chi connectivity index (χ0v) is 23.8. The van der Waals surface area contributed by atoms with E-state index >= 15 is 0 Å². The third-order valence-corrected chi connectivity index (χ3v) is 6.39. The number of nitrogens with zero attached hydrogens (tertiary/aromatic N) is 3. The van der Waals surface area contributed by atoms with Crippen molar-refractivity contribution in [2.24, 2.45) is 21.9 Å². The van der Waals surface area contributed by atoms with Crippen molar-refractivity contribution >= 4 is 64.2 Å². The average molecular weight is 622 g/mol. The lowest BCUT2D eigenvalue weighted by atomic mass is 9.94. The highest BCUT2D eigenvalue weighted by atomic mass is 16.4. The molecule has 0 radical (unpaired) electrons. The van der Waals surface area contributed by atoms with Crippen LogP contribution in [0, 0.1) is 5.92 Å². The number of hydrogen-bond donors (Lipinski definition) is 6. The van der Waals surface area contributed by atoms with Gasteiger partial charge in [0.2, 0.25) is 17.7 Å². The molecule has 1 heterocycles. The maximum Gasteiger partial charge on any atom is 0.320 e. The number of carboxylic acid groups (broad SMARTS) is 2. The largest absolute Gasteiger partial charge is 0.481 e. The first-order valence-electron chi connectivity index (χ1n) is 13.6. The van der Waals surface area contributed by atoms with Crippen LogP contribution in [0.25, 0.3) is 0 Å². The van der Waals surface area contributed by atoms with Crippen molar-refractivity contribution in [3.8, 4) is 0 Å². The summed E-state index contributed by atoms with van der Waals surface area (Å²) in [5.74, 6) is -6.07. The Morgan fingerprint density at radius 1 is 0.756 bits per heavy atom. The first-order valence-corrected chi connectivity index (χ1v) is 13.6. The molecule has 0 aromatic heterocycles. The number of carbonyl (C=O) groups is 7. The molecule has 2 aromatic rings. The van der Waals surface area contributed by atoms with Gasteiger partial charge in [0.25, 0.3) is 11.8 Å². The summed E-state index contributed by atoms with van der Waals surface area (Å²) in [6, 6.07) is 11.5. The molecule has 5 amide bonds. The molecule has 2 aromatic carbocycles. The molecule has 0 unspecified atom stereocenters. The van der Waals surface area contributed by atoms with Gasteiger partial charge in [0.1, 0.15) is 12.6 Å². The summed E-state index contributed by atoms with van der Waals surface area (Å²) >= 11 is 0. The van der Waals surface area contributed by atoms with Crippen molar-refractivity contribution < 1.29 is 43.8 Å². The molecular formula is C29H31N7O9. The maximum atomic E-state index is 12.2. The molecule has 0 aliphatic carbocycles. The van der Waals surface area contributed by atoms with E-state index in [9.17, 15) is 38.7 Å². The molecule has 1 aliphatic heterocycles. The van der Waals surface area contributed by atoms with Gasteiger partial charge in [-0.05, 0) is 67.8 Å². The minimum Gasteiger partial charge on any atom is -0.481 e. The van der Waals surface area contributed by atoms with Crippen LogP contribution in [-0.4, -0.2) is 75.7 Å². The number of rotatable bonds is 16. The van der Waals surface area contributed by atoms with Crippen molar-refractivity contribution in [2.45, 2.75) is 31.7 Å². The number of imide groups is 1. The second-order valence-electron chi connectivity index (χ2n) is 9.87. The summed E-state index contributed by atoms with van der Waals surface area (Å²) in [6.07, 6.45) is 2.14. The summed E-state index contributed by atoms with van der Waals surface area (Å²) in [4.78, 5) is 82.5. The lowest BCUT2D eigenvalue weighted by Gasteiger charge is -2.14. The number of nitrogens with two attached hydrogens (primary N) is 1. The van der Waals surface area contributed by atoms with E-state index in [1.165, 1.54) is 0 Å². The summed E-state index contributed by atoms with van der Waals surface area (Å²) < 4.78 is 0. The molecule has 1 aliphatic rings. The number of benzene rings is 2. The SMILES string of the molecule is N[C@H](C[C@H](CCCC(=O)NCC(=O)Nc1ccc(N=Nc2ccc(NC(=O)CN3C(=O)C=CC3=O)cc2)cc1)C(=O)O)C(=O)O. The molecule has 16 heteroatoms. The van der Waals surface area contributed by atoms with E-state index in [-0.39, 0.29) is 32.2 Å². The second-order valence-corrected chi connectivity index (χ2v) is 9.87. The molecule has 236 valence electrons. The Bertz CT molecular complexity index is 1490. The van der Waals surface area contributed by atoms with Crippen molar-refractivity contribution in [2.75, 3.05) is 23.7 Å². The zero-order chi connectivity index (χ0) is 32.9. The molecule has 0 fully saturated rings. The molecule has 16 nitrogen and oxygen atoms in total. The van der Waals surface area contributed by atoms with E-state index < -0.39 is 60.0 Å². The van der Waals surface area contributed by atoms with Crippen molar-refractivity contribution in [3.05, 3.63) is 60.7 Å². The Morgan fingerprint density at radius 3 is 1.76 bits per heavy atom. The number of amides is 5. The first-order chi connectivity index (χ1) is 21.4. The topological polar surface area (TPSA) is 250 Å². The van der Waals surface area contributed by atoms with E-state index in [1.807, 2.05) is 0 Å². The number of carboxylic acids is 2. The van der Waals surface area contributed by atoms with Crippen LogP contribution in [-0.2, 0) is 33.6 Å². The van der Waals surface area contributed by atoms with Crippen LogP contribution in [0.1, 0.15) is 25.7 Å². The Balaban J connectivity index is 1.38. The van der Waals surface area contributed by atoms with E-state index in [4.69, 9.17) is 10.8 Å². The van der Waals surface area contributed by atoms with E-state index in [2.05, 4.69) is 26.2 Å². The van der Waals surface area contributed by atoms with Crippen molar-refractivity contribution in [3.63, 3.8) is 0 Å². The van der Waals surface area contributed by atoms with E-state index in [1.54, 1.807) is 48.5 Å². The fourth-order valence-electron chi connectivity index (χ4n) is 4.00. The third kappa shape index (κ3) is 11.1. The van der Waals surface area contributed by atoms with Crippen LogP contribution in [0.5, 0.6) is 0 Å². The quantitative estimate of drug-likeness (QED) is 0.117. The van der Waals surface area contributed by atoms with Gasteiger partial charge < -0.3 is 31.9 Å². The summed E-state index contributed by atoms with van der Waals surface area (Å²) in [5.41, 5.74) is 7.24. The lowest BCUT2D eigenvalue weighted by molar-refractivity contribution is -0.144. The molecule has 0 saturated heterocycles. The van der Waals surface area contributed by atoms with Crippen LogP contribution in [0.3, 0.4) is 0 Å². The maximum absolute atomic E-state index is 12.2. The van der Waals surface area contributed by atoms with Gasteiger partial charge in [0, 0.05) is 29.9 Å². The Labute approximate surface area is 256 Å². The first kappa shape index (κ1) is 33.7. The number of aliphatic carboxylic acids is 2. The number of azo groups is 1. The van der Waals surface area contributed by atoms with Crippen LogP contribution < -0.4 is 21.7 Å². The minimum absolute atomic E-state index is 0.0442. The standard InChI is InChI=1S/C29H31N7O9/c30-22(29(44)45)14-17(28(42)43)2-1-3-23(37)31-15-24(38)32-18-4-8-20(9-5-18)34-35-21-10-6-19(7-11-21)33-25(39)16-36-26(40)12-13-27(36)41/h4-13,17,22H,1-3,14-16,30H2,(H,31,37)(H,32,38)(H,33,39)(H,42,43)(H,44,45)/t17-,22+/m0/s1. The zero-order valence-electron chi connectivity index (χ0n) is 23.8.